The van der Waals surface area contributed by atoms with E-state index in [-0.39, 0.29) is 37.0 Å². The lowest BCUT2D eigenvalue weighted by molar-refractivity contribution is -0.121. The third-order valence-corrected chi connectivity index (χ3v) is 6.40. The number of carbonyl (C=O) groups excluding carboxylic acids is 3. The molecule has 0 unspecified atom stereocenters. The van der Waals surface area contributed by atoms with Gasteiger partial charge < -0.3 is 30.8 Å². The average molecular weight is 570 g/mol. The first kappa shape index (κ1) is 30.6. The molecule has 3 amide bonds. The number of halogens is 1. The predicted molar refractivity (Wildman–Crippen MR) is 153 cm³/mol. The minimum Gasteiger partial charge on any atom is -0.489 e. The first-order chi connectivity index (χ1) is 19.0. The fourth-order valence-corrected chi connectivity index (χ4v) is 4.56. The lowest BCUT2D eigenvalue weighted by Crippen LogP contribution is -2.37. The number of ether oxygens (including phenoxy) is 1. The number of amides is 3. The van der Waals surface area contributed by atoms with Crippen LogP contribution in [0, 0.1) is 0 Å². The molecule has 0 radical (unpaired) electrons. The number of benzene rings is 2. The number of aromatic nitrogens is 2. The van der Waals surface area contributed by atoms with Crippen molar-refractivity contribution in [3.8, 4) is 17.0 Å². The van der Waals surface area contributed by atoms with Gasteiger partial charge in [-0.1, -0.05) is 35.9 Å². The molecule has 2 aromatic carbocycles. The SMILES string of the molecule is CC(=O)N[C@H](CC(N)=O)c1nc(-c2ccc(C[C@@H](CCO)NC(=O)c3ccc(OC(C)C)c(Cl)c3)cc2)cn1C. The average Bonchev–Trinajstić information content (AvgIpc) is 3.26. The number of imidazole rings is 1. The smallest absolute Gasteiger partial charge is 0.251 e. The number of nitrogens with two attached hydrogens (primary N) is 1. The second kappa shape index (κ2) is 14.0. The molecule has 0 aliphatic carbocycles. The van der Waals surface area contributed by atoms with E-state index in [2.05, 4.69) is 15.6 Å². The summed E-state index contributed by atoms with van der Waals surface area (Å²) in [5, 5.41) is 15.6. The van der Waals surface area contributed by atoms with E-state index in [1.54, 1.807) is 29.8 Å². The van der Waals surface area contributed by atoms with E-state index in [0.29, 0.717) is 40.7 Å². The summed E-state index contributed by atoms with van der Waals surface area (Å²) in [6, 6.07) is 11.7. The van der Waals surface area contributed by atoms with Crippen LogP contribution >= 0.6 is 11.6 Å². The summed E-state index contributed by atoms with van der Waals surface area (Å²) < 4.78 is 7.39. The number of hydrogen-bond acceptors (Lipinski definition) is 6. The van der Waals surface area contributed by atoms with Crippen molar-refractivity contribution in [1.29, 1.82) is 0 Å². The van der Waals surface area contributed by atoms with Crippen LogP contribution in [0.1, 0.15) is 61.4 Å². The number of carbonyl (C=O) groups is 3. The molecule has 40 heavy (non-hydrogen) atoms. The first-order valence-corrected chi connectivity index (χ1v) is 13.4. The van der Waals surface area contributed by atoms with Crippen molar-refractivity contribution in [2.45, 2.75) is 58.2 Å². The normalized spacial score (nSPS) is 12.6. The van der Waals surface area contributed by atoms with E-state index in [9.17, 15) is 19.5 Å². The molecule has 11 heteroatoms. The second-order valence-electron chi connectivity index (χ2n) is 9.91. The number of nitrogens with one attached hydrogen (secondary N) is 2. The summed E-state index contributed by atoms with van der Waals surface area (Å²) in [5.41, 5.74) is 8.24. The highest BCUT2D eigenvalue weighted by Gasteiger charge is 2.22. The van der Waals surface area contributed by atoms with Gasteiger partial charge in [0, 0.05) is 43.9 Å². The van der Waals surface area contributed by atoms with Gasteiger partial charge in [-0.25, -0.2) is 4.98 Å². The van der Waals surface area contributed by atoms with Gasteiger partial charge in [0.25, 0.3) is 5.91 Å². The molecule has 2 atom stereocenters. The quantitative estimate of drug-likeness (QED) is 0.248. The van der Waals surface area contributed by atoms with Gasteiger partial charge in [0.1, 0.15) is 11.6 Å². The van der Waals surface area contributed by atoms with Crippen LogP contribution in [-0.4, -0.2) is 51.1 Å². The Labute approximate surface area is 238 Å². The molecule has 0 aliphatic heterocycles. The number of aliphatic hydroxyl groups is 1. The van der Waals surface area contributed by atoms with Crippen molar-refractivity contribution in [1.82, 2.24) is 20.2 Å². The highest BCUT2D eigenvalue weighted by atomic mass is 35.5. The van der Waals surface area contributed by atoms with E-state index in [0.717, 1.165) is 11.1 Å². The minimum absolute atomic E-state index is 0.0419. The van der Waals surface area contributed by atoms with Crippen molar-refractivity contribution in [3.63, 3.8) is 0 Å². The van der Waals surface area contributed by atoms with E-state index in [1.807, 2.05) is 44.3 Å². The molecule has 214 valence electrons. The largest absolute Gasteiger partial charge is 0.489 e. The van der Waals surface area contributed by atoms with Crippen LogP contribution in [0.15, 0.2) is 48.7 Å². The summed E-state index contributed by atoms with van der Waals surface area (Å²) in [7, 11) is 1.79. The Morgan fingerprint density at radius 2 is 1.82 bits per heavy atom. The highest BCUT2D eigenvalue weighted by molar-refractivity contribution is 6.32. The van der Waals surface area contributed by atoms with E-state index in [1.165, 1.54) is 6.92 Å². The Balaban J connectivity index is 1.71. The van der Waals surface area contributed by atoms with Gasteiger partial charge in [0.2, 0.25) is 11.8 Å². The van der Waals surface area contributed by atoms with Crippen molar-refractivity contribution in [2.24, 2.45) is 12.8 Å². The summed E-state index contributed by atoms with van der Waals surface area (Å²) >= 11 is 6.29. The summed E-state index contributed by atoms with van der Waals surface area (Å²) in [4.78, 5) is 40.7. The molecule has 3 aromatic rings. The Morgan fingerprint density at radius 3 is 2.40 bits per heavy atom. The monoisotopic (exact) mass is 569 g/mol. The Bertz CT molecular complexity index is 1320. The van der Waals surface area contributed by atoms with Crippen LogP contribution in [-0.2, 0) is 23.1 Å². The second-order valence-corrected chi connectivity index (χ2v) is 10.3. The third-order valence-electron chi connectivity index (χ3n) is 6.11. The molecule has 1 heterocycles. The van der Waals surface area contributed by atoms with Gasteiger partial charge in [-0.05, 0) is 50.5 Å². The van der Waals surface area contributed by atoms with Crippen LogP contribution in [0.5, 0.6) is 5.75 Å². The summed E-state index contributed by atoms with van der Waals surface area (Å²) in [6.07, 6.45) is 2.59. The van der Waals surface area contributed by atoms with Crippen molar-refractivity contribution in [2.75, 3.05) is 6.61 Å². The van der Waals surface area contributed by atoms with Crippen LogP contribution in [0.4, 0.5) is 0 Å². The number of hydrogen-bond donors (Lipinski definition) is 4. The van der Waals surface area contributed by atoms with E-state index >= 15 is 0 Å². The fourth-order valence-electron chi connectivity index (χ4n) is 4.33. The first-order valence-electron chi connectivity index (χ1n) is 13.0. The van der Waals surface area contributed by atoms with Crippen molar-refractivity contribution >= 4 is 29.3 Å². The lowest BCUT2D eigenvalue weighted by atomic mass is 10.0. The zero-order valence-electron chi connectivity index (χ0n) is 23.1. The number of nitrogens with zero attached hydrogens (tertiary/aromatic N) is 2. The van der Waals surface area contributed by atoms with Crippen LogP contribution in [0.25, 0.3) is 11.3 Å². The molecular formula is C29H36ClN5O5. The number of aryl methyl sites for hydroxylation is 1. The van der Waals surface area contributed by atoms with Gasteiger partial charge in [0.05, 0.1) is 29.3 Å². The topological polar surface area (TPSA) is 149 Å². The van der Waals surface area contributed by atoms with Crippen LogP contribution < -0.4 is 21.1 Å². The fraction of sp³-hybridized carbons (Fsp3) is 0.379. The van der Waals surface area contributed by atoms with Crippen LogP contribution in [0.3, 0.4) is 0 Å². The van der Waals surface area contributed by atoms with E-state index < -0.39 is 11.9 Å². The molecule has 0 aliphatic rings. The zero-order valence-corrected chi connectivity index (χ0v) is 23.9. The van der Waals surface area contributed by atoms with Gasteiger partial charge in [-0.3, -0.25) is 14.4 Å². The number of primary amides is 1. The zero-order chi connectivity index (χ0) is 29.4. The van der Waals surface area contributed by atoms with Gasteiger partial charge in [-0.15, -0.1) is 0 Å². The highest BCUT2D eigenvalue weighted by Crippen LogP contribution is 2.27. The van der Waals surface area contributed by atoms with Crippen molar-refractivity contribution in [3.05, 3.63) is 70.6 Å². The predicted octanol–water partition coefficient (Wildman–Crippen LogP) is 3.30. The Hall–Kier alpha value is -3.89. The molecule has 0 saturated heterocycles. The standard InChI is InChI=1S/C29H36ClN5O5/c1-17(2)40-26-10-9-21(14-23(26)30)29(39)33-22(11-12-36)13-19-5-7-20(8-6-19)25-16-35(4)28(34-25)24(15-27(31)38)32-18(3)37/h5-10,14,16-17,22,24,36H,11-13,15H2,1-4H3,(H2,31,38)(H,32,37)(H,33,39)/t22-,24-/m1/s1. The van der Waals surface area contributed by atoms with Gasteiger partial charge in [0.15, 0.2) is 0 Å². The van der Waals surface area contributed by atoms with Gasteiger partial charge >= 0.3 is 0 Å². The molecule has 3 rings (SSSR count). The molecular weight excluding hydrogens is 534 g/mol. The summed E-state index contributed by atoms with van der Waals surface area (Å²) in [6.45, 7) is 5.08. The maximum absolute atomic E-state index is 12.9. The number of aliphatic hydroxyl groups excluding tert-OH is 1. The lowest BCUT2D eigenvalue weighted by Gasteiger charge is -2.19. The molecule has 0 spiro atoms. The minimum atomic E-state index is -0.635. The van der Waals surface area contributed by atoms with Gasteiger partial charge in [-0.2, -0.15) is 0 Å². The Morgan fingerprint density at radius 1 is 1.12 bits per heavy atom. The van der Waals surface area contributed by atoms with Crippen LogP contribution in [0.2, 0.25) is 5.02 Å². The molecule has 5 N–H and O–H groups in total. The van der Waals surface area contributed by atoms with E-state index in [4.69, 9.17) is 22.1 Å². The van der Waals surface area contributed by atoms with Crippen molar-refractivity contribution < 1.29 is 24.2 Å². The maximum atomic E-state index is 12.9. The summed E-state index contributed by atoms with van der Waals surface area (Å²) in [5.74, 6) is -0.0948. The third kappa shape index (κ3) is 8.56. The molecule has 10 nitrogen and oxygen atoms in total. The Kier molecular flexibility index (Phi) is 10.7. The molecule has 0 bridgehead atoms. The molecule has 1 aromatic heterocycles. The molecule has 0 saturated carbocycles. The molecule has 0 fully saturated rings. The number of rotatable bonds is 13. The maximum Gasteiger partial charge on any atom is 0.251 e.